The molecule has 3 nitrogen and oxygen atoms in total. The summed E-state index contributed by atoms with van der Waals surface area (Å²) in [6.07, 6.45) is 15.9. The first-order chi connectivity index (χ1) is 15.5. The van der Waals surface area contributed by atoms with Crippen molar-refractivity contribution in [1.82, 2.24) is 4.98 Å². The number of nitrogens with zero attached hydrogens (tertiary/aromatic N) is 1. The molecule has 0 atom stereocenters. The van der Waals surface area contributed by atoms with Gasteiger partial charge in [0.15, 0.2) is 9.84 Å². The molecule has 8 aliphatic carbocycles. The van der Waals surface area contributed by atoms with Gasteiger partial charge in [-0.1, -0.05) is 0 Å². The zero-order valence-corrected chi connectivity index (χ0v) is 21.6. The highest BCUT2D eigenvalue weighted by Gasteiger charge is 2.55. The third-order valence-electron chi connectivity index (χ3n) is 11.1. The molecule has 0 amide bonds. The van der Waals surface area contributed by atoms with Crippen LogP contribution in [0.1, 0.15) is 109 Å². The SMILES string of the molecule is CC(C)(C)S(=O)(=O)c1cc(C23CC4CC(CC(C4)C2)C3)nc(C23CC4CC(CC(C4)C2)C3)c1. The van der Waals surface area contributed by atoms with Crippen LogP contribution < -0.4 is 0 Å². The second kappa shape index (κ2) is 6.65. The van der Waals surface area contributed by atoms with Crippen LogP contribution in [0, 0.1) is 35.5 Å². The summed E-state index contributed by atoms with van der Waals surface area (Å²) in [5, 5.41) is 0. The molecule has 0 aromatic carbocycles. The molecule has 9 rings (SSSR count). The summed E-state index contributed by atoms with van der Waals surface area (Å²) in [6, 6.07) is 4.11. The molecular weight excluding hydrogens is 426 g/mol. The topological polar surface area (TPSA) is 47.0 Å². The van der Waals surface area contributed by atoms with Gasteiger partial charge in [-0.2, -0.15) is 0 Å². The van der Waals surface area contributed by atoms with E-state index in [-0.39, 0.29) is 10.8 Å². The fraction of sp³-hybridized carbons (Fsp3) is 0.828. The van der Waals surface area contributed by atoms with Crippen molar-refractivity contribution in [2.75, 3.05) is 0 Å². The van der Waals surface area contributed by atoms with E-state index in [1.54, 1.807) is 0 Å². The second-order valence-electron chi connectivity index (χ2n) is 14.6. The molecule has 8 aliphatic rings. The van der Waals surface area contributed by atoms with Crippen molar-refractivity contribution >= 4 is 9.84 Å². The van der Waals surface area contributed by atoms with Crippen molar-refractivity contribution < 1.29 is 8.42 Å². The zero-order valence-electron chi connectivity index (χ0n) is 20.8. The van der Waals surface area contributed by atoms with E-state index < -0.39 is 14.6 Å². The van der Waals surface area contributed by atoms with E-state index in [1.807, 2.05) is 20.8 Å². The molecule has 33 heavy (non-hydrogen) atoms. The van der Waals surface area contributed by atoms with E-state index in [2.05, 4.69) is 12.1 Å². The number of hydrogen-bond acceptors (Lipinski definition) is 3. The Hall–Kier alpha value is -0.900. The first kappa shape index (κ1) is 21.4. The predicted molar refractivity (Wildman–Crippen MR) is 131 cm³/mol. The molecule has 1 aromatic rings. The van der Waals surface area contributed by atoms with E-state index >= 15 is 0 Å². The lowest BCUT2D eigenvalue weighted by Gasteiger charge is -2.58. The average Bonchev–Trinajstić information content (AvgIpc) is 2.71. The molecule has 1 heterocycles. The number of sulfone groups is 1. The van der Waals surface area contributed by atoms with Gasteiger partial charge in [0.25, 0.3) is 0 Å². The maximum absolute atomic E-state index is 13.8. The average molecular weight is 468 g/mol. The van der Waals surface area contributed by atoms with Crippen LogP contribution in [0.4, 0.5) is 0 Å². The van der Waals surface area contributed by atoms with E-state index in [1.165, 1.54) is 77.0 Å². The minimum Gasteiger partial charge on any atom is -0.257 e. The van der Waals surface area contributed by atoms with Gasteiger partial charge < -0.3 is 0 Å². The highest BCUT2D eigenvalue weighted by Crippen LogP contribution is 2.63. The van der Waals surface area contributed by atoms with Crippen LogP contribution in [0.2, 0.25) is 0 Å². The highest BCUT2D eigenvalue weighted by atomic mass is 32.2. The minimum atomic E-state index is -3.40. The summed E-state index contributed by atoms with van der Waals surface area (Å²) < 4.78 is 26.8. The van der Waals surface area contributed by atoms with E-state index in [0.717, 1.165) is 46.9 Å². The van der Waals surface area contributed by atoms with Crippen LogP contribution >= 0.6 is 0 Å². The first-order valence-corrected chi connectivity index (χ1v) is 15.3. The number of hydrogen-bond donors (Lipinski definition) is 0. The summed E-state index contributed by atoms with van der Waals surface area (Å²) in [5.41, 5.74) is 2.60. The van der Waals surface area contributed by atoms with Crippen molar-refractivity contribution in [2.45, 2.75) is 118 Å². The van der Waals surface area contributed by atoms with Gasteiger partial charge in [0.1, 0.15) is 0 Å². The van der Waals surface area contributed by atoms with Crippen LogP contribution in [-0.2, 0) is 20.7 Å². The second-order valence-corrected chi connectivity index (χ2v) is 17.3. The fourth-order valence-corrected chi connectivity index (χ4v) is 11.6. The Balaban J connectivity index is 1.39. The third-order valence-corrected chi connectivity index (χ3v) is 13.5. The number of aromatic nitrogens is 1. The maximum Gasteiger partial charge on any atom is 0.183 e. The lowest BCUT2D eigenvalue weighted by Crippen LogP contribution is -2.51. The van der Waals surface area contributed by atoms with Crippen LogP contribution in [0.5, 0.6) is 0 Å². The van der Waals surface area contributed by atoms with Gasteiger partial charge in [0.05, 0.1) is 9.64 Å². The number of pyridine rings is 1. The molecule has 0 radical (unpaired) electrons. The lowest BCUT2D eigenvalue weighted by atomic mass is 9.48. The Bertz CT molecular complexity index is 962. The summed E-state index contributed by atoms with van der Waals surface area (Å²) in [5.74, 6) is 5.02. The molecule has 0 unspecified atom stereocenters. The van der Waals surface area contributed by atoms with Gasteiger partial charge in [-0.05, 0) is 145 Å². The smallest absolute Gasteiger partial charge is 0.183 e. The molecule has 8 bridgehead atoms. The van der Waals surface area contributed by atoms with Gasteiger partial charge in [-0.15, -0.1) is 0 Å². The quantitative estimate of drug-likeness (QED) is 0.504. The van der Waals surface area contributed by atoms with Gasteiger partial charge in [0.2, 0.25) is 0 Å². The van der Waals surface area contributed by atoms with E-state index in [0.29, 0.717) is 4.90 Å². The lowest BCUT2D eigenvalue weighted by molar-refractivity contribution is -0.0126. The summed E-state index contributed by atoms with van der Waals surface area (Å²) in [4.78, 5) is 6.12. The van der Waals surface area contributed by atoms with Crippen LogP contribution in [0.3, 0.4) is 0 Å². The zero-order chi connectivity index (χ0) is 22.8. The molecule has 8 saturated carbocycles. The summed E-state index contributed by atoms with van der Waals surface area (Å²) >= 11 is 0. The Morgan fingerprint density at radius 1 is 0.667 bits per heavy atom. The van der Waals surface area contributed by atoms with Crippen molar-refractivity contribution in [3.05, 3.63) is 23.5 Å². The van der Waals surface area contributed by atoms with Gasteiger partial charge in [-0.25, -0.2) is 8.42 Å². The van der Waals surface area contributed by atoms with Crippen LogP contribution in [0.25, 0.3) is 0 Å². The van der Waals surface area contributed by atoms with E-state index in [4.69, 9.17) is 4.98 Å². The van der Waals surface area contributed by atoms with Crippen molar-refractivity contribution in [3.8, 4) is 0 Å². The number of rotatable bonds is 3. The predicted octanol–water partition coefficient (Wildman–Crippen LogP) is 6.59. The highest BCUT2D eigenvalue weighted by molar-refractivity contribution is 7.92. The van der Waals surface area contributed by atoms with Crippen molar-refractivity contribution in [2.24, 2.45) is 35.5 Å². The monoisotopic (exact) mass is 467 g/mol. The largest absolute Gasteiger partial charge is 0.257 e. The molecule has 0 aliphatic heterocycles. The molecular formula is C29H41NO2S. The molecule has 0 saturated heterocycles. The first-order valence-electron chi connectivity index (χ1n) is 13.8. The molecule has 1 aromatic heterocycles. The Morgan fingerprint density at radius 2 is 0.970 bits per heavy atom. The normalized spacial score (nSPS) is 45.7. The fourth-order valence-electron chi connectivity index (χ4n) is 10.4. The Kier molecular flexibility index (Phi) is 4.31. The maximum atomic E-state index is 13.8. The molecule has 0 N–H and O–H groups in total. The summed E-state index contributed by atoms with van der Waals surface area (Å²) in [7, 11) is -3.40. The molecule has 4 heteroatoms. The van der Waals surface area contributed by atoms with Gasteiger partial charge in [0, 0.05) is 22.2 Å². The minimum absolute atomic E-state index is 0.134. The molecule has 180 valence electrons. The standard InChI is InChI=1S/C29H41NO2S/c1-27(2,3)33(31,32)24-10-25(28-12-18-4-19(13-28)6-20(5-18)14-28)30-26(11-24)29-15-21-7-22(16-29)9-23(8-21)17-29/h10-11,18-23H,4-9,12-17H2,1-3H3. The Morgan fingerprint density at radius 3 is 1.24 bits per heavy atom. The molecule has 8 fully saturated rings. The Labute approximate surface area is 200 Å². The van der Waals surface area contributed by atoms with Crippen molar-refractivity contribution in [1.29, 1.82) is 0 Å². The van der Waals surface area contributed by atoms with Crippen molar-refractivity contribution in [3.63, 3.8) is 0 Å². The van der Waals surface area contributed by atoms with Gasteiger partial charge >= 0.3 is 0 Å². The van der Waals surface area contributed by atoms with Crippen LogP contribution in [-0.4, -0.2) is 18.1 Å². The third kappa shape index (κ3) is 3.10. The van der Waals surface area contributed by atoms with E-state index in [9.17, 15) is 8.42 Å². The van der Waals surface area contributed by atoms with Gasteiger partial charge in [-0.3, -0.25) is 4.98 Å². The molecule has 0 spiro atoms. The van der Waals surface area contributed by atoms with Crippen LogP contribution in [0.15, 0.2) is 17.0 Å². The summed E-state index contributed by atoms with van der Waals surface area (Å²) in [6.45, 7) is 5.58.